The van der Waals surface area contributed by atoms with E-state index in [2.05, 4.69) is 16.7 Å². The summed E-state index contributed by atoms with van der Waals surface area (Å²) >= 11 is 1.77. The van der Waals surface area contributed by atoms with Crippen LogP contribution in [0.15, 0.2) is 36.5 Å². The van der Waals surface area contributed by atoms with Crippen molar-refractivity contribution in [2.45, 2.75) is 19.4 Å². The van der Waals surface area contributed by atoms with Crippen molar-refractivity contribution in [2.75, 3.05) is 17.7 Å². The topological polar surface area (TPSA) is 72.9 Å². The van der Waals surface area contributed by atoms with Crippen molar-refractivity contribution in [2.24, 2.45) is 0 Å². The van der Waals surface area contributed by atoms with Gasteiger partial charge in [0.15, 0.2) is 5.69 Å². The van der Waals surface area contributed by atoms with E-state index in [1.807, 2.05) is 19.1 Å². The van der Waals surface area contributed by atoms with Gasteiger partial charge in [-0.1, -0.05) is 0 Å². The fraction of sp³-hybridized carbons (Fsp3) is 0.333. The van der Waals surface area contributed by atoms with Crippen LogP contribution in [0.3, 0.4) is 0 Å². The minimum atomic E-state index is -0.141. The quantitative estimate of drug-likeness (QED) is 0.803. The largest absolute Gasteiger partial charge is 0.399 e. The van der Waals surface area contributed by atoms with Gasteiger partial charge in [0, 0.05) is 17.9 Å². The minimum absolute atomic E-state index is 0.141. The molecule has 112 valence electrons. The van der Waals surface area contributed by atoms with Gasteiger partial charge in [-0.25, -0.2) is 4.68 Å². The van der Waals surface area contributed by atoms with E-state index in [0.717, 1.165) is 17.9 Å². The molecule has 0 aliphatic heterocycles. The predicted molar refractivity (Wildman–Crippen MR) is 87.9 cm³/mol. The first-order valence-corrected chi connectivity index (χ1v) is 8.21. The molecule has 0 saturated heterocycles. The fourth-order valence-corrected chi connectivity index (χ4v) is 2.47. The number of hydrogen-bond donors (Lipinski definition) is 2. The molecule has 21 heavy (non-hydrogen) atoms. The normalized spacial score (nSPS) is 12.1. The second-order valence-electron chi connectivity index (χ2n) is 4.89. The summed E-state index contributed by atoms with van der Waals surface area (Å²) < 4.78 is 1.67. The highest BCUT2D eigenvalue weighted by Gasteiger charge is 2.12. The Balaban J connectivity index is 2.02. The zero-order valence-electron chi connectivity index (χ0n) is 12.2. The van der Waals surface area contributed by atoms with E-state index < -0.39 is 0 Å². The summed E-state index contributed by atoms with van der Waals surface area (Å²) in [5.74, 6) is 0.888. The number of nitrogen functional groups attached to an aromatic ring is 1. The summed E-state index contributed by atoms with van der Waals surface area (Å²) in [5, 5.41) is 7.26. The Morgan fingerprint density at radius 2 is 2.10 bits per heavy atom. The molecular weight excluding hydrogens is 284 g/mol. The van der Waals surface area contributed by atoms with Crippen molar-refractivity contribution in [1.82, 2.24) is 15.1 Å². The Kier molecular flexibility index (Phi) is 5.27. The van der Waals surface area contributed by atoms with Gasteiger partial charge in [-0.15, -0.1) is 0 Å². The van der Waals surface area contributed by atoms with Gasteiger partial charge in [-0.3, -0.25) is 4.79 Å². The van der Waals surface area contributed by atoms with E-state index in [9.17, 15) is 4.79 Å². The van der Waals surface area contributed by atoms with Gasteiger partial charge in [0.2, 0.25) is 0 Å². The number of nitrogens with two attached hydrogens (primary N) is 1. The molecule has 0 fully saturated rings. The number of anilines is 1. The van der Waals surface area contributed by atoms with Crippen LogP contribution in [0.25, 0.3) is 5.69 Å². The van der Waals surface area contributed by atoms with E-state index in [1.165, 1.54) is 0 Å². The fourth-order valence-electron chi connectivity index (χ4n) is 1.88. The van der Waals surface area contributed by atoms with Gasteiger partial charge in [0.1, 0.15) is 0 Å². The third kappa shape index (κ3) is 4.26. The lowest BCUT2D eigenvalue weighted by Crippen LogP contribution is -2.33. The number of aromatic nitrogens is 2. The molecule has 1 aromatic heterocycles. The molecule has 0 aliphatic carbocycles. The van der Waals surface area contributed by atoms with Crippen LogP contribution in [-0.4, -0.2) is 33.7 Å². The summed E-state index contributed by atoms with van der Waals surface area (Å²) in [6.07, 6.45) is 4.78. The lowest BCUT2D eigenvalue weighted by Gasteiger charge is -2.11. The van der Waals surface area contributed by atoms with Gasteiger partial charge in [-0.05, 0) is 55.7 Å². The van der Waals surface area contributed by atoms with Crippen LogP contribution in [-0.2, 0) is 0 Å². The summed E-state index contributed by atoms with van der Waals surface area (Å²) in [4.78, 5) is 12.1. The first-order chi connectivity index (χ1) is 10.1. The second-order valence-corrected chi connectivity index (χ2v) is 5.88. The molecule has 1 amide bonds. The lowest BCUT2D eigenvalue weighted by molar-refractivity contribution is 0.0934. The Labute approximate surface area is 128 Å². The molecular formula is C15H20N4OS. The molecule has 0 radical (unpaired) electrons. The molecule has 2 aromatic rings. The van der Waals surface area contributed by atoms with E-state index in [4.69, 9.17) is 5.73 Å². The first-order valence-electron chi connectivity index (χ1n) is 6.81. The predicted octanol–water partition coefficient (Wildman–Crippen LogP) is 2.33. The highest BCUT2D eigenvalue weighted by molar-refractivity contribution is 7.98. The van der Waals surface area contributed by atoms with Gasteiger partial charge >= 0.3 is 0 Å². The summed E-state index contributed by atoms with van der Waals surface area (Å²) in [6, 6.07) is 9.21. The van der Waals surface area contributed by atoms with Gasteiger partial charge in [0.25, 0.3) is 5.91 Å². The third-order valence-corrected chi connectivity index (χ3v) is 3.76. The van der Waals surface area contributed by atoms with E-state index in [-0.39, 0.29) is 11.9 Å². The van der Waals surface area contributed by atoms with E-state index in [1.54, 1.807) is 40.8 Å². The van der Waals surface area contributed by atoms with Crippen LogP contribution in [0.1, 0.15) is 23.8 Å². The maximum absolute atomic E-state index is 12.1. The summed E-state index contributed by atoms with van der Waals surface area (Å²) in [7, 11) is 0. The van der Waals surface area contributed by atoms with Crippen LogP contribution in [0.5, 0.6) is 0 Å². The van der Waals surface area contributed by atoms with Gasteiger partial charge in [-0.2, -0.15) is 16.9 Å². The average Bonchev–Trinajstić information content (AvgIpc) is 2.96. The van der Waals surface area contributed by atoms with E-state index >= 15 is 0 Å². The van der Waals surface area contributed by atoms with Crippen molar-refractivity contribution in [1.29, 1.82) is 0 Å². The van der Waals surface area contributed by atoms with E-state index in [0.29, 0.717) is 11.4 Å². The molecule has 5 nitrogen and oxygen atoms in total. The second kappa shape index (κ2) is 7.17. The molecule has 1 aromatic carbocycles. The maximum atomic E-state index is 12.1. The highest BCUT2D eigenvalue weighted by Crippen LogP contribution is 2.11. The number of rotatable bonds is 6. The number of amides is 1. The molecule has 0 saturated carbocycles. The molecule has 0 bridgehead atoms. The first kappa shape index (κ1) is 15.4. The number of carbonyl (C=O) groups excluding carboxylic acids is 1. The SMILES string of the molecule is CSCCC(C)NC(=O)c1ccn(-c2ccc(N)cc2)n1. The zero-order chi connectivity index (χ0) is 15.2. The number of hydrogen-bond acceptors (Lipinski definition) is 4. The minimum Gasteiger partial charge on any atom is -0.399 e. The maximum Gasteiger partial charge on any atom is 0.271 e. The standard InChI is InChI=1S/C15H20N4OS/c1-11(8-10-21-2)17-15(20)14-7-9-19(18-14)13-5-3-12(16)4-6-13/h3-7,9,11H,8,10,16H2,1-2H3,(H,17,20). The molecule has 0 aliphatic rings. The van der Waals surface area contributed by atoms with Gasteiger partial charge in [0.05, 0.1) is 5.69 Å². The summed E-state index contributed by atoms with van der Waals surface area (Å²) in [5.41, 5.74) is 7.65. The molecule has 1 atom stereocenters. The molecule has 6 heteroatoms. The molecule has 1 unspecified atom stereocenters. The van der Waals surface area contributed by atoms with Crippen molar-refractivity contribution < 1.29 is 4.79 Å². The Morgan fingerprint density at radius 3 is 2.76 bits per heavy atom. The monoisotopic (exact) mass is 304 g/mol. The molecule has 3 N–H and O–H groups in total. The zero-order valence-corrected chi connectivity index (χ0v) is 13.1. The van der Waals surface area contributed by atoms with Crippen molar-refractivity contribution in [3.63, 3.8) is 0 Å². The number of nitrogens with zero attached hydrogens (tertiary/aromatic N) is 2. The van der Waals surface area contributed by atoms with Crippen LogP contribution < -0.4 is 11.1 Å². The average molecular weight is 304 g/mol. The number of nitrogens with one attached hydrogen (secondary N) is 1. The molecule has 1 heterocycles. The molecule has 0 spiro atoms. The van der Waals surface area contributed by atoms with Crippen LogP contribution in [0, 0.1) is 0 Å². The lowest BCUT2D eigenvalue weighted by atomic mass is 10.2. The Hall–Kier alpha value is -1.95. The summed E-state index contributed by atoms with van der Waals surface area (Å²) in [6.45, 7) is 2.01. The highest BCUT2D eigenvalue weighted by atomic mass is 32.2. The number of carbonyl (C=O) groups is 1. The van der Waals surface area contributed by atoms with Gasteiger partial charge < -0.3 is 11.1 Å². The van der Waals surface area contributed by atoms with Crippen molar-refractivity contribution in [3.8, 4) is 5.69 Å². The Bertz CT molecular complexity index is 594. The Morgan fingerprint density at radius 1 is 1.38 bits per heavy atom. The van der Waals surface area contributed by atoms with Crippen LogP contribution in [0.2, 0.25) is 0 Å². The third-order valence-electron chi connectivity index (χ3n) is 3.11. The van der Waals surface area contributed by atoms with Crippen LogP contribution >= 0.6 is 11.8 Å². The number of thioether (sulfide) groups is 1. The number of benzene rings is 1. The van der Waals surface area contributed by atoms with Crippen LogP contribution in [0.4, 0.5) is 5.69 Å². The smallest absolute Gasteiger partial charge is 0.271 e. The molecule has 2 rings (SSSR count). The van der Waals surface area contributed by atoms with Crippen molar-refractivity contribution >= 4 is 23.4 Å². The van der Waals surface area contributed by atoms with Crippen molar-refractivity contribution in [3.05, 3.63) is 42.2 Å².